The van der Waals surface area contributed by atoms with Gasteiger partial charge in [-0.2, -0.15) is 0 Å². The SMILES string of the molecule is COC(=O)c1ccc(C(=O)OC)c(NC(=O)CN2CCc3sccc3[C@@H]2C)c1. The highest BCUT2D eigenvalue weighted by Gasteiger charge is 2.26. The number of esters is 2. The molecule has 1 N–H and O–H groups in total. The molecule has 28 heavy (non-hydrogen) atoms. The fourth-order valence-electron chi connectivity index (χ4n) is 3.33. The Morgan fingerprint density at radius 2 is 1.93 bits per heavy atom. The molecule has 2 aromatic rings. The Labute approximate surface area is 167 Å². The second-order valence-corrected chi connectivity index (χ2v) is 7.49. The molecular formula is C20H22N2O5S. The van der Waals surface area contributed by atoms with Crippen LogP contribution in [0.15, 0.2) is 29.6 Å². The number of anilines is 1. The van der Waals surface area contributed by atoms with Gasteiger partial charge in [-0.15, -0.1) is 11.3 Å². The number of carbonyl (C=O) groups excluding carboxylic acids is 3. The molecular weight excluding hydrogens is 380 g/mol. The van der Waals surface area contributed by atoms with E-state index < -0.39 is 11.9 Å². The summed E-state index contributed by atoms with van der Waals surface area (Å²) < 4.78 is 9.48. The Bertz CT molecular complexity index is 908. The molecule has 1 atom stereocenters. The number of methoxy groups -OCH3 is 2. The van der Waals surface area contributed by atoms with E-state index in [1.807, 2.05) is 0 Å². The molecule has 1 aromatic carbocycles. The molecule has 0 unspecified atom stereocenters. The van der Waals surface area contributed by atoms with Crippen LogP contribution in [0.1, 0.15) is 44.1 Å². The maximum absolute atomic E-state index is 12.7. The average molecular weight is 402 g/mol. The summed E-state index contributed by atoms with van der Waals surface area (Å²) in [5.74, 6) is -1.42. The molecule has 0 bridgehead atoms. The van der Waals surface area contributed by atoms with Gasteiger partial charge in [-0.3, -0.25) is 9.69 Å². The highest BCUT2D eigenvalue weighted by atomic mass is 32.1. The highest BCUT2D eigenvalue weighted by molar-refractivity contribution is 7.10. The number of benzene rings is 1. The topological polar surface area (TPSA) is 84.9 Å². The Kier molecular flexibility index (Phi) is 6.11. The monoisotopic (exact) mass is 402 g/mol. The molecule has 0 aliphatic carbocycles. The summed E-state index contributed by atoms with van der Waals surface area (Å²) in [6.07, 6.45) is 0.913. The highest BCUT2D eigenvalue weighted by Crippen LogP contribution is 2.32. The van der Waals surface area contributed by atoms with Gasteiger partial charge in [0.05, 0.1) is 37.6 Å². The van der Waals surface area contributed by atoms with Crippen molar-refractivity contribution in [2.75, 3.05) is 32.6 Å². The molecule has 7 nitrogen and oxygen atoms in total. The van der Waals surface area contributed by atoms with Gasteiger partial charge >= 0.3 is 11.9 Å². The summed E-state index contributed by atoms with van der Waals surface area (Å²) in [6, 6.07) is 6.56. The van der Waals surface area contributed by atoms with Crippen molar-refractivity contribution in [1.82, 2.24) is 4.90 Å². The standard InChI is InChI=1S/C20H22N2O5S/c1-12-14-7-9-28-17(14)6-8-22(12)11-18(23)21-16-10-13(19(24)26-2)4-5-15(16)20(25)27-3/h4-5,7,9-10,12H,6,8,11H2,1-3H3,(H,21,23)/t12-/m0/s1. The molecule has 1 amide bonds. The predicted molar refractivity (Wildman–Crippen MR) is 106 cm³/mol. The van der Waals surface area contributed by atoms with E-state index in [1.165, 1.54) is 42.9 Å². The molecule has 0 fully saturated rings. The third-order valence-corrected chi connectivity index (χ3v) is 5.87. The average Bonchev–Trinajstić information content (AvgIpc) is 3.18. The predicted octanol–water partition coefficient (Wildman–Crippen LogP) is 2.88. The van der Waals surface area contributed by atoms with Gasteiger partial charge in [-0.05, 0) is 48.6 Å². The van der Waals surface area contributed by atoms with Crippen LogP contribution < -0.4 is 5.32 Å². The molecule has 0 saturated heterocycles. The van der Waals surface area contributed by atoms with Gasteiger partial charge in [-0.25, -0.2) is 9.59 Å². The molecule has 1 aromatic heterocycles. The van der Waals surface area contributed by atoms with Crippen LogP contribution in [0.5, 0.6) is 0 Å². The summed E-state index contributed by atoms with van der Waals surface area (Å²) in [5, 5.41) is 4.82. The fraction of sp³-hybridized carbons (Fsp3) is 0.350. The van der Waals surface area contributed by atoms with E-state index in [0.717, 1.165) is 13.0 Å². The van der Waals surface area contributed by atoms with Crippen LogP contribution in [0.4, 0.5) is 5.69 Å². The number of nitrogens with one attached hydrogen (secondary N) is 1. The Morgan fingerprint density at radius 3 is 2.64 bits per heavy atom. The van der Waals surface area contributed by atoms with E-state index in [-0.39, 0.29) is 35.3 Å². The molecule has 148 valence electrons. The molecule has 0 saturated carbocycles. The van der Waals surface area contributed by atoms with Crippen molar-refractivity contribution < 1.29 is 23.9 Å². The van der Waals surface area contributed by atoms with Crippen LogP contribution >= 0.6 is 11.3 Å². The lowest BCUT2D eigenvalue weighted by molar-refractivity contribution is -0.117. The van der Waals surface area contributed by atoms with Crippen molar-refractivity contribution in [1.29, 1.82) is 0 Å². The second kappa shape index (κ2) is 8.53. The van der Waals surface area contributed by atoms with Gasteiger partial charge < -0.3 is 14.8 Å². The smallest absolute Gasteiger partial charge is 0.339 e. The Morgan fingerprint density at radius 1 is 1.18 bits per heavy atom. The lowest BCUT2D eigenvalue weighted by atomic mass is 10.0. The normalized spacial score (nSPS) is 16.2. The first-order valence-corrected chi connectivity index (χ1v) is 9.73. The number of amides is 1. The minimum Gasteiger partial charge on any atom is -0.465 e. The first kappa shape index (κ1) is 20.0. The van der Waals surface area contributed by atoms with E-state index >= 15 is 0 Å². The largest absolute Gasteiger partial charge is 0.465 e. The van der Waals surface area contributed by atoms with Crippen molar-refractivity contribution in [3.8, 4) is 0 Å². The van der Waals surface area contributed by atoms with Crippen LogP contribution in [0, 0.1) is 0 Å². The van der Waals surface area contributed by atoms with E-state index in [1.54, 1.807) is 11.3 Å². The number of carbonyl (C=O) groups is 3. The zero-order chi connectivity index (χ0) is 20.3. The molecule has 2 heterocycles. The number of ether oxygens (including phenoxy) is 2. The zero-order valence-corrected chi connectivity index (χ0v) is 16.8. The van der Waals surface area contributed by atoms with Crippen LogP contribution in [0.2, 0.25) is 0 Å². The third-order valence-electron chi connectivity index (χ3n) is 4.87. The summed E-state index contributed by atoms with van der Waals surface area (Å²) in [5.41, 5.74) is 1.89. The van der Waals surface area contributed by atoms with E-state index in [9.17, 15) is 14.4 Å². The maximum Gasteiger partial charge on any atom is 0.339 e. The molecule has 1 aliphatic rings. The van der Waals surface area contributed by atoms with Crippen LogP contribution in [0.3, 0.4) is 0 Å². The van der Waals surface area contributed by atoms with Gasteiger partial charge in [0.1, 0.15) is 0 Å². The maximum atomic E-state index is 12.7. The summed E-state index contributed by atoms with van der Waals surface area (Å²) in [7, 11) is 2.53. The van der Waals surface area contributed by atoms with Crippen molar-refractivity contribution in [2.45, 2.75) is 19.4 Å². The fourth-order valence-corrected chi connectivity index (χ4v) is 4.29. The van der Waals surface area contributed by atoms with Gasteiger partial charge in [0, 0.05) is 17.5 Å². The lowest BCUT2D eigenvalue weighted by Gasteiger charge is -2.33. The number of fused-ring (bicyclic) bond motifs is 1. The quantitative estimate of drug-likeness (QED) is 0.774. The molecule has 1 aliphatic heterocycles. The van der Waals surface area contributed by atoms with E-state index in [0.29, 0.717) is 0 Å². The molecule has 3 rings (SSSR count). The van der Waals surface area contributed by atoms with Crippen molar-refractivity contribution in [3.05, 3.63) is 51.2 Å². The summed E-state index contributed by atoms with van der Waals surface area (Å²) in [4.78, 5) is 39.9. The van der Waals surface area contributed by atoms with E-state index in [4.69, 9.17) is 9.47 Å². The van der Waals surface area contributed by atoms with Crippen molar-refractivity contribution in [3.63, 3.8) is 0 Å². The second-order valence-electron chi connectivity index (χ2n) is 6.49. The van der Waals surface area contributed by atoms with Gasteiger partial charge in [-0.1, -0.05) is 0 Å². The first-order valence-electron chi connectivity index (χ1n) is 8.85. The molecule has 0 radical (unpaired) electrons. The summed E-state index contributed by atoms with van der Waals surface area (Å²) >= 11 is 1.74. The van der Waals surface area contributed by atoms with Crippen LogP contribution in [0.25, 0.3) is 0 Å². The minimum atomic E-state index is -0.596. The zero-order valence-electron chi connectivity index (χ0n) is 16.0. The number of hydrogen-bond donors (Lipinski definition) is 1. The van der Waals surface area contributed by atoms with Crippen LogP contribution in [-0.2, 0) is 20.7 Å². The van der Waals surface area contributed by atoms with Gasteiger partial charge in [0.2, 0.25) is 5.91 Å². The van der Waals surface area contributed by atoms with E-state index in [2.05, 4.69) is 28.6 Å². The Hall–Kier alpha value is -2.71. The van der Waals surface area contributed by atoms with Gasteiger partial charge in [0.25, 0.3) is 0 Å². The third kappa shape index (κ3) is 4.07. The van der Waals surface area contributed by atoms with Crippen molar-refractivity contribution >= 4 is 34.9 Å². The number of thiophene rings is 1. The molecule has 8 heteroatoms. The van der Waals surface area contributed by atoms with Crippen LogP contribution in [-0.4, -0.2) is 50.1 Å². The van der Waals surface area contributed by atoms with Crippen molar-refractivity contribution in [2.24, 2.45) is 0 Å². The number of hydrogen-bond acceptors (Lipinski definition) is 7. The molecule has 0 spiro atoms. The summed E-state index contributed by atoms with van der Waals surface area (Å²) in [6.45, 7) is 3.05. The minimum absolute atomic E-state index is 0.141. The number of rotatable bonds is 5. The lowest BCUT2D eigenvalue weighted by Crippen LogP contribution is -2.39. The number of nitrogens with zero attached hydrogens (tertiary/aromatic N) is 1. The first-order chi connectivity index (χ1) is 13.4. The Balaban J connectivity index is 1.77. The van der Waals surface area contributed by atoms with Gasteiger partial charge in [0.15, 0.2) is 0 Å².